The fourth-order valence-corrected chi connectivity index (χ4v) is 1.49. The van der Waals surface area contributed by atoms with Crippen LogP contribution in [0.1, 0.15) is 16.7 Å². The van der Waals surface area contributed by atoms with Crippen LogP contribution in [0.4, 0.5) is 5.69 Å². The lowest BCUT2D eigenvalue weighted by Gasteiger charge is -2.08. The van der Waals surface area contributed by atoms with Gasteiger partial charge in [-0.3, -0.25) is 0 Å². The summed E-state index contributed by atoms with van der Waals surface area (Å²) < 4.78 is 1.03. The van der Waals surface area contributed by atoms with Crippen LogP contribution < -0.4 is 5.73 Å². The van der Waals surface area contributed by atoms with Gasteiger partial charge in [-0.1, -0.05) is 0 Å². The second-order valence-electron chi connectivity index (χ2n) is 2.85. The molecule has 0 aliphatic heterocycles. The first-order chi connectivity index (χ1) is 5.04. The molecule has 1 nitrogen and oxygen atoms in total. The highest BCUT2D eigenvalue weighted by Gasteiger charge is 2.04. The number of halogens is 1. The number of rotatable bonds is 0. The maximum Gasteiger partial charge on any atom is 0.0464 e. The van der Waals surface area contributed by atoms with Crippen LogP contribution in [0.3, 0.4) is 0 Å². The van der Waals surface area contributed by atoms with Crippen molar-refractivity contribution < 1.29 is 0 Å². The van der Waals surface area contributed by atoms with Crippen LogP contribution >= 0.6 is 15.9 Å². The van der Waals surface area contributed by atoms with Gasteiger partial charge >= 0.3 is 0 Å². The molecule has 2 N–H and O–H groups in total. The van der Waals surface area contributed by atoms with Crippen LogP contribution in [0.5, 0.6) is 0 Å². The van der Waals surface area contributed by atoms with Gasteiger partial charge in [0.15, 0.2) is 0 Å². The third-order valence-electron chi connectivity index (χ3n) is 2.11. The molecule has 0 aromatic heterocycles. The molecule has 2 heteroatoms. The van der Waals surface area contributed by atoms with Gasteiger partial charge in [-0.15, -0.1) is 0 Å². The van der Waals surface area contributed by atoms with Crippen molar-refractivity contribution in [1.82, 2.24) is 0 Å². The first kappa shape index (κ1) is 8.60. The van der Waals surface area contributed by atoms with E-state index in [4.69, 9.17) is 5.73 Å². The number of hydrogen-bond donors (Lipinski definition) is 1. The molecule has 0 fully saturated rings. The summed E-state index contributed by atoms with van der Waals surface area (Å²) in [7, 11) is 0. The molecule has 0 heterocycles. The monoisotopic (exact) mass is 213 g/mol. The summed E-state index contributed by atoms with van der Waals surface area (Å²) in [6.45, 7) is 6.25. The van der Waals surface area contributed by atoms with E-state index < -0.39 is 0 Å². The summed E-state index contributed by atoms with van der Waals surface area (Å²) in [4.78, 5) is 0. The lowest BCUT2D eigenvalue weighted by molar-refractivity contribution is 1.25. The molecule has 11 heavy (non-hydrogen) atoms. The summed E-state index contributed by atoms with van der Waals surface area (Å²) in [6, 6.07) is 1.99. The van der Waals surface area contributed by atoms with E-state index in [1.807, 2.05) is 6.07 Å². The van der Waals surface area contributed by atoms with Crippen molar-refractivity contribution >= 4 is 21.6 Å². The van der Waals surface area contributed by atoms with E-state index in [0.29, 0.717) is 0 Å². The minimum Gasteiger partial charge on any atom is -0.398 e. The van der Waals surface area contributed by atoms with Crippen LogP contribution in [0, 0.1) is 20.8 Å². The third-order valence-corrected chi connectivity index (χ3v) is 3.16. The lowest BCUT2D eigenvalue weighted by atomic mass is 10.0. The molecule has 0 radical (unpaired) electrons. The van der Waals surface area contributed by atoms with E-state index in [9.17, 15) is 0 Å². The summed E-state index contributed by atoms with van der Waals surface area (Å²) in [5.41, 5.74) is 10.4. The Kier molecular flexibility index (Phi) is 2.23. The molecule has 0 atom stereocenters. The molecule has 1 rings (SSSR count). The van der Waals surface area contributed by atoms with Crippen molar-refractivity contribution in [3.63, 3.8) is 0 Å². The fourth-order valence-electron chi connectivity index (χ4n) is 1.08. The zero-order chi connectivity index (χ0) is 8.59. The Balaban J connectivity index is 3.46. The van der Waals surface area contributed by atoms with Gasteiger partial charge in [0.1, 0.15) is 0 Å². The predicted octanol–water partition coefficient (Wildman–Crippen LogP) is 2.96. The Morgan fingerprint density at radius 1 is 1.18 bits per heavy atom. The molecule has 1 aromatic rings. The van der Waals surface area contributed by atoms with E-state index in [0.717, 1.165) is 10.2 Å². The fraction of sp³-hybridized carbons (Fsp3) is 0.333. The summed E-state index contributed by atoms with van der Waals surface area (Å²) in [6.07, 6.45) is 0. The Labute approximate surface area is 75.7 Å². The quantitative estimate of drug-likeness (QED) is 0.660. The molecule has 0 bridgehead atoms. The van der Waals surface area contributed by atoms with Gasteiger partial charge in [0.05, 0.1) is 0 Å². The second-order valence-corrected chi connectivity index (χ2v) is 3.64. The molecule has 0 aliphatic rings. The Hall–Kier alpha value is -0.500. The van der Waals surface area contributed by atoms with E-state index >= 15 is 0 Å². The number of aryl methyl sites for hydroxylation is 1. The van der Waals surface area contributed by atoms with Crippen LogP contribution in [0.2, 0.25) is 0 Å². The maximum absolute atomic E-state index is 5.74. The average Bonchev–Trinajstić information content (AvgIpc) is 1.97. The van der Waals surface area contributed by atoms with E-state index in [1.54, 1.807) is 0 Å². The Morgan fingerprint density at radius 2 is 1.73 bits per heavy atom. The first-order valence-corrected chi connectivity index (χ1v) is 4.35. The number of benzene rings is 1. The van der Waals surface area contributed by atoms with Gasteiger partial charge in [0.25, 0.3) is 0 Å². The van der Waals surface area contributed by atoms with Gasteiger partial charge < -0.3 is 5.73 Å². The highest BCUT2D eigenvalue weighted by atomic mass is 79.9. The predicted molar refractivity (Wildman–Crippen MR) is 52.8 cm³/mol. The number of nitrogen functional groups attached to an aromatic ring is 1. The molecular formula is C9H12BrN. The largest absolute Gasteiger partial charge is 0.398 e. The minimum atomic E-state index is 0.825. The number of anilines is 1. The standard InChI is InChI=1S/C9H12BrN/c1-5-4-8(11)9(10)7(3)6(5)2/h4H,11H2,1-3H3. The summed E-state index contributed by atoms with van der Waals surface area (Å²) in [5, 5.41) is 0. The molecule has 0 unspecified atom stereocenters. The number of nitrogens with two attached hydrogens (primary N) is 1. The molecule has 1 aromatic carbocycles. The van der Waals surface area contributed by atoms with Gasteiger partial charge in [0.2, 0.25) is 0 Å². The van der Waals surface area contributed by atoms with E-state index in [1.165, 1.54) is 16.7 Å². The van der Waals surface area contributed by atoms with Crippen molar-refractivity contribution in [3.8, 4) is 0 Å². The zero-order valence-corrected chi connectivity index (χ0v) is 8.62. The molecular weight excluding hydrogens is 202 g/mol. The Morgan fingerprint density at radius 3 is 2.27 bits per heavy atom. The smallest absolute Gasteiger partial charge is 0.0464 e. The first-order valence-electron chi connectivity index (χ1n) is 3.56. The molecule has 0 aliphatic carbocycles. The van der Waals surface area contributed by atoms with Crippen LogP contribution in [-0.4, -0.2) is 0 Å². The van der Waals surface area contributed by atoms with Crippen LogP contribution in [0.15, 0.2) is 10.5 Å². The lowest BCUT2D eigenvalue weighted by Crippen LogP contribution is -1.94. The highest BCUT2D eigenvalue weighted by Crippen LogP contribution is 2.28. The zero-order valence-electron chi connectivity index (χ0n) is 7.03. The normalized spacial score (nSPS) is 10.2. The van der Waals surface area contributed by atoms with Gasteiger partial charge in [-0.2, -0.15) is 0 Å². The van der Waals surface area contributed by atoms with E-state index in [2.05, 4.69) is 36.7 Å². The van der Waals surface area contributed by atoms with Crippen LogP contribution in [0.25, 0.3) is 0 Å². The SMILES string of the molecule is Cc1cc(N)c(Br)c(C)c1C. The highest BCUT2D eigenvalue weighted by molar-refractivity contribution is 9.10. The van der Waals surface area contributed by atoms with Crippen molar-refractivity contribution in [2.24, 2.45) is 0 Å². The third kappa shape index (κ3) is 1.41. The van der Waals surface area contributed by atoms with Crippen LogP contribution in [-0.2, 0) is 0 Å². The van der Waals surface area contributed by atoms with Gasteiger partial charge in [-0.25, -0.2) is 0 Å². The average molecular weight is 214 g/mol. The number of hydrogen-bond acceptors (Lipinski definition) is 1. The topological polar surface area (TPSA) is 26.0 Å². The van der Waals surface area contributed by atoms with Gasteiger partial charge in [-0.05, 0) is 59.5 Å². The molecule has 0 spiro atoms. The second kappa shape index (κ2) is 2.86. The molecule has 60 valence electrons. The van der Waals surface area contributed by atoms with Crippen molar-refractivity contribution in [2.45, 2.75) is 20.8 Å². The molecule has 0 saturated heterocycles. The Bertz CT molecular complexity index is 266. The van der Waals surface area contributed by atoms with Crippen molar-refractivity contribution in [1.29, 1.82) is 0 Å². The van der Waals surface area contributed by atoms with E-state index in [-0.39, 0.29) is 0 Å². The minimum absolute atomic E-state index is 0.825. The summed E-state index contributed by atoms with van der Waals surface area (Å²) in [5.74, 6) is 0. The van der Waals surface area contributed by atoms with Gasteiger partial charge in [0, 0.05) is 10.2 Å². The van der Waals surface area contributed by atoms with Crippen molar-refractivity contribution in [3.05, 3.63) is 27.2 Å². The summed E-state index contributed by atoms with van der Waals surface area (Å²) >= 11 is 3.44. The molecule has 0 saturated carbocycles. The van der Waals surface area contributed by atoms with Crippen molar-refractivity contribution in [2.75, 3.05) is 5.73 Å². The maximum atomic E-state index is 5.74. The molecule has 0 amide bonds.